The monoisotopic (exact) mass is 414 g/mol. The molecule has 0 bridgehead atoms. The highest BCUT2D eigenvalue weighted by Gasteiger charge is 2.43. The maximum Gasteiger partial charge on any atom is 0.290 e. The van der Waals surface area contributed by atoms with Gasteiger partial charge in [-0.25, -0.2) is 0 Å². The van der Waals surface area contributed by atoms with E-state index in [2.05, 4.69) is 4.98 Å². The van der Waals surface area contributed by atoms with Gasteiger partial charge in [-0.05, 0) is 23.1 Å². The van der Waals surface area contributed by atoms with Crippen molar-refractivity contribution in [2.45, 2.75) is 12.5 Å². The van der Waals surface area contributed by atoms with Crippen molar-refractivity contribution in [2.24, 2.45) is 0 Å². The molecule has 29 heavy (non-hydrogen) atoms. The van der Waals surface area contributed by atoms with E-state index < -0.39 is 17.7 Å². The summed E-state index contributed by atoms with van der Waals surface area (Å²) in [5, 5.41) is 12.4. The van der Waals surface area contributed by atoms with E-state index in [-0.39, 0.29) is 11.4 Å². The molecule has 4 rings (SSSR count). The average molecular weight is 415 g/mol. The third-order valence-corrected chi connectivity index (χ3v) is 6.29. The van der Waals surface area contributed by atoms with Gasteiger partial charge < -0.3 is 19.6 Å². The molecular weight excluding hydrogens is 390 g/mol. The molecule has 0 radical (unpaired) electrons. The molecule has 1 fully saturated rings. The molecule has 2 N–H and O–H groups in total. The highest BCUT2D eigenvalue weighted by Crippen LogP contribution is 2.39. The topological polar surface area (TPSA) is 84.2 Å². The number of Topliss-reactive ketones (excluding diaryl/α,β-unsaturated/α-hetero) is 1. The molecule has 2 aromatic rings. The average Bonchev–Trinajstić information content (AvgIpc) is 3.38. The molecule has 1 atom stereocenters. The predicted octanol–water partition coefficient (Wildman–Crippen LogP) is 1.03. The van der Waals surface area contributed by atoms with E-state index in [1.807, 2.05) is 11.4 Å². The van der Waals surface area contributed by atoms with Crippen LogP contribution >= 0.6 is 11.3 Å². The normalized spacial score (nSPS) is 20.5. The summed E-state index contributed by atoms with van der Waals surface area (Å²) in [6.07, 6.45) is 4.08. The Morgan fingerprint density at radius 2 is 2.14 bits per heavy atom. The predicted molar refractivity (Wildman–Crippen MR) is 108 cm³/mol. The zero-order chi connectivity index (χ0) is 20.2. The number of nitrogens with one attached hydrogen (secondary N) is 1. The van der Waals surface area contributed by atoms with Gasteiger partial charge in [0.1, 0.15) is 13.1 Å². The molecule has 4 heterocycles. The van der Waals surface area contributed by atoms with Gasteiger partial charge in [0.2, 0.25) is 5.78 Å². The number of amides is 1. The van der Waals surface area contributed by atoms with Gasteiger partial charge in [0, 0.05) is 25.4 Å². The fourth-order valence-corrected chi connectivity index (χ4v) is 4.63. The Labute approximate surface area is 173 Å². The summed E-state index contributed by atoms with van der Waals surface area (Å²) in [4.78, 5) is 33.7. The minimum Gasteiger partial charge on any atom is -0.503 e. The Morgan fingerprint density at radius 3 is 2.83 bits per heavy atom. The van der Waals surface area contributed by atoms with E-state index in [4.69, 9.17) is 4.74 Å². The second-order valence-electron chi connectivity index (χ2n) is 7.22. The number of morpholine rings is 1. The summed E-state index contributed by atoms with van der Waals surface area (Å²) in [7, 11) is 0. The Hall–Kier alpha value is -2.55. The van der Waals surface area contributed by atoms with E-state index in [1.165, 1.54) is 16.2 Å². The lowest BCUT2D eigenvalue weighted by atomic mass is 9.96. The number of hydrogen-bond acceptors (Lipinski definition) is 6. The van der Waals surface area contributed by atoms with Crippen molar-refractivity contribution >= 4 is 23.0 Å². The summed E-state index contributed by atoms with van der Waals surface area (Å²) in [5.74, 6) is -1.24. The largest absolute Gasteiger partial charge is 0.503 e. The highest BCUT2D eigenvalue weighted by atomic mass is 32.1. The molecule has 8 heteroatoms. The van der Waals surface area contributed by atoms with Crippen LogP contribution < -0.4 is 4.90 Å². The van der Waals surface area contributed by atoms with Crippen LogP contribution in [0.15, 0.2) is 53.4 Å². The van der Waals surface area contributed by atoms with Crippen LogP contribution in [0.25, 0.3) is 0 Å². The number of ether oxygens (including phenoxy) is 1. The number of carbonyl (C=O) groups is 2. The van der Waals surface area contributed by atoms with Gasteiger partial charge in [0.05, 0.1) is 36.3 Å². The van der Waals surface area contributed by atoms with Crippen molar-refractivity contribution in [1.82, 2.24) is 9.88 Å². The van der Waals surface area contributed by atoms with Gasteiger partial charge in [-0.1, -0.05) is 12.1 Å². The van der Waals surface area contributed by atoms with E-state index in [1.54, 1.807) is 35.5 Å². The molecular formula is C21H24N3O4S+. The number of thiophene rings is 1. The number of nitrogens with zero attached hydrogens (tertiary/aromatic N) is 2. The van der Waals surface area contributed by atoms with Crippen LogP contribution in [0.1, 0.15) is 27.7 Å². The van der Waals surface area contributed by atoms with Crippen molar-refractivity contribution in [2.75, 3.05) is 39.4 Å². The second-order valence-corrected chi connectivity index (χ2v) is 8.17. The molecule has 2 aliphatic heterocycles. The molecule has 0 aliphatic carbocycles. The maximum absolute atomic E-state index is 13.1. The third-order valence-electron chi connectivity index (χ3n) is 5.42. The van der Waals surface area contributed by atoms with Gasteiger partial charge in [-0.2, -0.15) is 0 Å². The number of quaternary nitrogens is 1. The quantitative estimate of drug-likeness (QED) is 0.661. The van der Waals surface area contributed by atoms with Crippen molar-refractivity contribution in [3.63, 3.8) is 0 Å². The molecule has 7 nitrogen and oxygen atoms in total. The van der Waals surface area contributed by atoms with Crippen LogP contribution in [0.5, 0.6) is 0 Å². The van der Waals surface area contributed by atoms with Crippen molar-refractivity contribution in [3.8, 4) is 0 Å². The Bertz CT molecular complexity index is 892. The van der Waals surface area contributed by atoms with Crippen LogP contribution in [0.2, 0.25) is 0 Å². The minimum absolute atomic E-state index is 0.143. The maximum atomic E-state index is 13.1. The standard InChI is InChI=1S/C21H23N3O4S/c25-19(16-5-2-13-29-16)17-18(15-4-1-6-22-14-15)24(21(27)20(17)26)8-3-7-23-9-11-28-12-10-23/h1-2,4-6,13-14,18,26H,3,7-12H2/p+1. The molecule has 2 aliphatic rings. The molecule has 1 amide bonds. The Kier molecular flexibility index (Phi) is 6.03. The number of carbonyl (C=O) groups excluding carboxylic acids is 2. The minimum atomic E-state index is -0.620. The molecule has 0 spiro atoms. The number of aliphatic hydroxyl groups excluding tert-OH is 1. The summed E-state index contributed by atoms with van der Waals surface area (Å²) in [6, 6.07) is 6.49. The van der Waals surface area contributed by atoms with E-state index >= 15 is 0 Å². The molecule has 1 saturated heterocycles. The van der Waals surface area contributed by atoms with E-state index in [9.17, 15) is 14.7 Å². The number of hydrogen-bond donors (Lipinski definition) is 2. The Balaban J connectivity index is 1.57. The first kappa shape index (κ1) is 19.8. The molecule has 1 unspecified atom stereocenters. The SMILES string of the molecule is O=C(C1=C(O)C(=O)N(CCC[NH+]2CCOCC2)C1c1cccnc1)c1cccs1. The van der Waals surface area contributed by atoms with Crippen LogP contribution in [-0.4, -0.2) is 66.1 Å². The zero-order valence-electron chi connectivity index (χ0n) is 16.0. The van der Waals surface area contributed by atoms with Gasteiger partial charge in [0.15, 0.2) is 5.76 Å². The van der Waals surface area contributed by atoms with Gasteiger partial charge in [-0.3, -0.25) is 14.6 Å². The smallest absolute Gasteiger partial charge is 0.290 e. The Morgan fingerprint density at radius 1 is 1.31 bits per heavy atom. The van der Waals surface area contributed by atoms with Crippen LogP contribution in [0.3, 0.4) is 0 Å². The van der Waals surface area contributed by atoms with Crippen molar-refractivity contribution in [3.05, 3.63) is 63.8 Å². The fourth-order valence-electron chi connectivity index (χ4n) is 3.95. The molecule has 0 saturated carbocycles. The first-order valence-corrected chi connectivity index (χ1v) is 10.7. The molecule has 2 aromatic heterocycles. The summed E-state index contributed by atoms with van der Waals surface area (Å²) >= 11 is 1.30. The van der Waals surface area contributed by atoms with Crippen molar-refractivity contribution < 1.29 is 24.3 Å². The van der Waals surface area contributed by atoms with Crippen LogP contribution in [-0.2, 0) is 9.53 Å². The number of aliphatic hydroxyl groups is 1. The molecule has 152 valence electrons. The van der Waals surface area contributed by atoms with Gasteiger partial charge in [-0.15, -0.1) is 11.3 Å². The lowest BCUT2D eigenvalue weighted by molar-refractivity contribution is -0.908. The fraction of sp³-hybridized carbons (Fsp3) is 0.381. The van der Waals surface area contributed by atoms with Gasteiger partial charge >= 0.3 is 0 Å². The first-order valence-electron chi connectivity index (χ1n) is 9.80. The number of pyridine rings is 1. The lowest BCUT2D eigenvalue weighted by Crippen LogP contribution is -3.14. The van der Waals surface area contributed by atoms with Crippen LogP contribution in [0.4, 0.5) is 0 Å². The zero-order valence-corrected chi connectivity index (χ0v) is 16.9. The third kappa shape index (κ3) is 4.10. The van der Waals surface area contributed by atoms with Crippen LogP contribution in [0, 0.1) is 0 Å². The lowest BCUT2D eigenvalue weighted by Gasteiger charge is -2.28. The number of rotatable bonds is 7. The summed E-state index contributed by atoms with van der Waals surface area (Å²) < 4.78 is 5.39. The first-order chi connectivity index (χ1) is 14.2. The van der Waals surface area contributed by atoms with Gasteiger partial charge in [0.25, 0.3) is 5.91 Å². The van der Waals surface area contributed by atoms with Crippen molar-refractivity contribution in [1.29, 1.82) is 0 Å². The summed E-state index contributed by atoms with van der Waals surface area (Å²) in [5.41, 5.74) is 0.868. The second kappa shape index (κ2) is 8.86. The van der Waals surface area contributed by atoms with E-state index in [0.717, 1.165) is 44.8 Å². The number of aromatic nitrogens is 1. The van der Waals surface area contributed by atoms with E-state index in [0.29, 0.717) is 11.4 Å². The molecule has 0 aromatic carbocycles. The summed E-state index contributed by atoms with van der Waals surface area (Å²) in [6.45, 7) is 4.84. The highest BCUT2D eigenvalue weighted by molar-refractivity contribution is 7.12. The number of ketones is 1.